The average Bonchev–Trinajstić information content (AvgIpc) is 2.04. The highest BCUT2D eigenvalue weighted by Gasteiger charge is 1.99. The number of aromatic nitrogens is 1. The molecule has 12 heavy (non-hydrogen) atoms. The fraction of sp³-hybridized carbons (Fsp3) is 0.111. The molecule has 0 aliphatic heterocycles. The lowest BCUT2D eigenvalue weighted by Crippen LogP contribution is -2.31. The SMILES string of the molecule is Cl.O=C1C=c2ncccc2=CC1. The summed E-state index contributed by atoms with van der Waals surface area (Å²) in [5, 5.41) is 1.86. The number of carbonyl (C=O) groups is 1. The van der Waals surface area contributed by atoms with Crippen molar-refractivity contribution in [2.45, 2.75) is 6.42 Å². The van der Waals surface area contributed by atoms with Crippen molar-refractivity contribution in [1.82, 2.24) is 4.98 Å². The zero-order valence-corrected chi connectivity index (χ0v) is 7.17. The van der Waals surface area contributed by atoms with Gasteiger partial charge in [0.1, 0.15) is 0 Å². The van der Waals surface area contributed by atoms with Gasteiger partial charge in [0.05, 0.1) is 5.35 Å². The Morgan fingerprint density at radius 1 is 1.42 bits per heavy atom. The summed E-state index contributed by atoms with van der Waals surface area (Å²) in [5.74, 6) is 0.135. The Bertz CT molecular complexity index is 411. The smallest absolute Gasteiger partial charge is 0.161 e. The van der Waals surface area contributed by atoms with E-state index in [1.165, 1.54) is 0 Å². The first kappa shape index (κ1) is 8.94. The van der Waals surface area contributed by atoms with E-state index in [9.17, 15) is 4.79 Å². The molecule has 62 valence electrons. The molecular formula is C9H8ClNO. The molecular weight excluding hydrogens is 174 g/mol. The van der Waals surface area contributed by atoms with Gasteiger partial charge in [-0.3, -0.25) is 9.78 Å². The number of fused-ring (bicyclic) bond motifs is 1. The van der Waals surface area contributed by atoms with E-state index in [0.29, 0.717) is 6.42 Å². The molecule has 0 radical (unpaired) electrons. The number of ketones is 1. The molecule has 0 bridgehead atoms. The third kappa shape index (κ3) is 1.53. The van der Waals surface area contributed by atoms with Crippen LogP contribution in [0.25, 0.3) is 12.2 Å². The summed E-state index contributed by atoms with van der Waals surface area (Å²) in [4.78, 5) is 15.0. The second-order valence-corrected chi connectivity index (χ2v) is 2.50. The van der Waals surface area contributed by atoms with Crippen molar-refractivity contribution in [3.05, 3.63) is 28.9 Å². The first-order valence-corrected chi connectivity index (χ1v) is 3.52. The van der Waals surface area contributed by atoms with Gasteiger partial charge in [-0.1, -0.05) is 12.1 Å². The summed E-state index contributed by atoms with van der Waals surface area (Å²) in [5.41, 5.74) is 0. The van der Waals surface area contributed by atoms with E-state index in [-0.39, 0.29) is 18.2 Å². The van der Waals surface area contributed by atoms with Crippen molar-refractivity contribution >= 4 is 30.3 Å². The minimum atomic E-state index is 0. The third-order valence-electron chi connectivity index (χ3n) is 1.69. The van der Waals surface area contributed by atoms with Crippen LogP contribution in [0.5, 0.6) is 0 Å². The van der Waals surface area contributed by atoms with Crippen molar-refractivity contribution in [3.63, 3.8) is 0 Å². The van der Waals surface area contributed by atoms with Crippen LogP contribution in [0.4, 0.5) is 0 Å². The zero-order valence-electron chi connectivity index (χ0n) is 6.36. The van der Waals surface area contributed by atoms with Crippen LogP contribution in [0.2, 0.25) is 0 Å². The maximum Gasteiger partial charge on any atom is 0.161 e. The van der Waals surface area contributed by atoms with Crippen LogP contribution in [-0.4, -0.2) is 10.8 Å². The van der Waals surface area contributed by atoms with E-state index in [1.54, 1.807) is 12.3 Å². The molecule has 0 spiro atoms. The number of carbonyl (C=O) groups excluding carboxylic acids is 1. The predicted octanol–water partition coefficient (Wildman–Crippen LogP) is 0.0372. The van der Waals surface area contributed by atoms with Crippen LogP contribution in [0.3, 0.4) is 0 Å². The average molecular weight is 182 g/mol. The predicted molar refractivity (Wildman–Crippen MR) is 49.3 cm³/mol. The molecule has 1 aromatic rings. The second-order valence-electron chi connectivity index (χ2n) is 2.50. The largest absolute Gasteiger partial charge is 0.294 e. The monoisotopic (exact) mass is 181 g/mol. The Hall–Kier alpha value is -1.15. The van der Waals surface area contributed by atoms with Gasteiger partial charge >= 0.3 is 0 Å². The molecule has 0 fully saturated rings. The maximum absolute atomic E-state index is 10.9. The molecule has 1 aliphatic rings. The molecule has 2 rings (SSSR count). The van der Waals surface area contributed by atoms with Crippen molar-refractivity contribution < 1.29 is 4.79 Å². The van der Waals surface area contributed by atoms with Gasteiger partial charge in [0.2, 0.25) is 0 Å². The molecule has 3 heteroatoms. The van der Waals surface area contributed by atoms with Gasteiger partial charge in [-0.2, -0.15) is 0 Å². The molecule has 0 saturated carbocycles. The van der Waals surface area contributed by atoms with Gasteiger partial charge in [0, 0.05) is 18.7 Å². The fourth-order valence-electron chi connectivity index (χ4n) is 1.15. The number of pyridine rings is 1. The summed E-state index contributed by atoms with van der Waals surface area (Å²) in [6, 6.07) is 3.84. The van der Waals surface area contributed by atoms with Crippen LogP contribution in [-0.2, 0) is 4.79 Å². The highest BCUT2D eigenvalue weighted by molar-refractivity contribution is 6.08. The number of Topliss-reactive ketones (excluding diaryl/α,β-unsaturated/α-hetero) is 1. The lowest BCUT2D eigenvalue weighted by Gasteiger charge is -1.95. The number of rotatable bonds is 0. The van der Waals surface area contributed by atoms with Crippen molar-refractivity contribution in [3.8, 4) is 0 Å². The zero-order chi connectivity index (χ0) is 7.68. The molecule has 1 aromatic heterocycles. The third-order valence-corrected chi connectivity index (χ3v) is 1.69. The van der Waals surface area contributed by atoms with E-state index in [1.807, 2.05) is 18.2 Å². The Labute approximate surface area is 76.0 Å². The van der Waals surface area contributed by atoms with Gasteiger partial charge in [-0.15, -0.1) is 12.4 Å². The first-order valence-electron chi connectivity index (χ1n) is 3.52. The molecule has 0 unspecified atom stereocenters. The van der Waals surface area contributed by atoms with Crippen molar-refractivity contribution in [2.75, 3.05) is 0 Å². The van der Waals surface area contributed by atoms with Gasteiger partial charge in [-0.05, 0) is 11.3 Å². The van der Waals surface area contributed by atoms with Crippen LogP contribution in [0.1, 0.15) is 6.42 Å². The lowest BCUT2D eigenvalue weighted by atomic mass is 10.1. The Morgan fingerprint density at radius 2 is 2.25 bits per heavy atom. The second kappa shape index (κ2) is 3.50. The maximum atomic E-state index is 10.9. The van der Waals surface area contributed by atoms with E-state index >= 15 is 0 Å². The van der Waals surface area contributed by atoms with Crippen molar-refractivity contribution in [2.24, 2.45) is 0 Å². The fourth-order valence-corrected chi connectivity index (χ4v) is 1.15. The topological polar surface area (TPSA) is 30.0 Å². The molecule has 1 aliphatic carbocycles. The lowest BCUT2D eigenvalue weighted by molar-refractivity contribution is -0.112. The Balaban J connectivity index is 0.000000720. The van der Waals surface area contributed by atoms with Gasteiger partial charge < -0.3 is 0 Å². The van der Waals surface area contributed by atoms with Gasteiger partial charge in [0.15, 0.2) is 5.78 Å². The van der Waals surface area contributed by atoms with Crippen LogP contribution < -0.4 is 10.6 Å². The summed E-state index contributed by atoms with van der Waals surface area (Å²) < 4.78 is 0. The molecule has 0 aromatic carbocycles. The Kier molecular flexibility index (Phi) is 2.61. The number of hydrogen-bond donors (Lipinski definition) is 0. The van der Waals surface area contributed by atoms with E-state index < -0.39 is 0 Å². The number of hydrogen-bond acceptors (Lipinski definition) is 2. The summed E-state index contributed by atoms with van der Waals surface area (Å²) in [6.45, 7) is 0. The van der Waals surface area contributed by atoms with E-state index in [0.717, 1.165) is 10.6 Å². The van der Waals surface area contributed by atoms with Gasteiger partial charge in [-0.25, -0.2) is 0 Å². The molecule has 0 saturated heterocycles. The molecule has 2 nitrogen and oxygen atoms in total. The van der Waals surface area contributed by atoms with Crippen molar-refractivity contribution in [1.29, 1.82) is 0 Å². The number of nitrogens with zero attached hydrogens (tertiary/aromatic N) is 1. The Morgan fingerprint density at radius 3 is 3.08 bits per heavy atom. The first-order chi connectivity index (χ1) is 5.36. The molecule has 0 N–H and O–H groups in total. The van der Waals surface area contributed by atoms with E-state index in [4.69, 9.17) is 0 Å². The number of halogens is 1. The highest BCUT2D eigenvalue weighted by atomic mass is 35.5. The normalized spacial score (nSPS) is 13.5. The molecule has 1 heterocycles. The van der Waals surface area contributed by atoms with Crippen LogP contribution in [0.15, 0.2) is 18.3 Å². The minimum Gasteiger partial charge on any atom is -0.294 e. The van der Waals surface area contributed by atoms with Gasteiger partial charge in [0.25, 0.3) is 0 Å². The molecule has 0 amide bonds. The van der Waals surface area contributed by atoms with Crippen LogP contribution in [0, 0.1) is 0 Å². The minimum absolute atomic E-state index is 0. The van der Waals surface area contributed by atoms with Crippen LogP contribution >= 0.6 is 12.4 Å². The summed E-state index contributed by atoms with van der Waals surface area (Å²) in [7, 11) is 0. The quantitative estimate of drug-likeness (QED) is 0.566. The standard InChI is InChI=1S/C9H7NO.ClH/c11-8-4-3-7-2-1-5-10-9(7)6-8;/h1-3,5-6H,4H2;1H. The highest BCUT2D eigenvalue weighted by Crippen LogP contribution is 1.88. The summed E-state index contributed by atoms with van der Waals surface area (Å²) in [6.07, 6.45) is 5.71. The molecule has 0 atom stereocenters. The van der Waals surface area contributed by atoms with E-state index in [2.05, 4.69) is 4.98 Å². The summed E-state index contributed by atoms with van der Waals surface area (Å²) >= 11 is 0.